The molecule has 6 heteroatoms. The molecule has 0 radical (unpaired) electrons. The van der Waals surface area contributed by atoms with E-state index in [1.165, 1.54) is 12.1 Å². The van der Waals surface area contributed by atoms with Crippen LogP contribution in [0.15, 0.2) is 12.1 Å². The van der Waals surface area contributed by atoms with E-state index in [0.29, 0.717) is 42.4 Å². The van der Waals surface area contributed by atoms with Gasteiger partial charge in [-0.2, -0.15) is 0 Å². The summed E-state index contributed by atoms with van der Waals surface area (Å²) in [7, 11) is 0. The summed E-state index contributed by atoms with van der Waals surface area (Å²) in [5.74, 6) is -2.60. The van der Waals surface area contributed by atoms with E-state index in [9.17, 15) is 30.6 Å². The molecule has 6 N–H and O–H groups in total. The van der Waals surface area contributed by atoms with Gasteiger partial charge < -0.3 is 30.6 Å². The first-order valence-corrected chi connectivity index (χ1v) is 7.41. The molecule has 1 spiro atoms. The van der Waals surface area contributed by atoms with Gasteiger partial charge in [-0.15, -0.1) is 0 Å². The average Bonchev–Trinajstić information content (AvgIpc) is 3.06. The Morgan fingerprint density at radius 3 is 2.04 bits per heavy atom. The van der Waals surface area contributed by atoms with Crippen LogP contribution < -0.4 is 0 Å². The topological polar surface area (TPSA) is 121 Å². The summed E-state index contributed by atoms with van der Waals surface area (Å²) in [6, 6.07) is 2.85. The second kappa shape index (κ2) is 4.16. The number of phenolic OH excluding ortho intramolecular Hbond substituents is 6. The number of aryl methyl sites for hydroxylation is 1. The SMILES string of the molecule is Oc1cc2c(c(O)c1O)CCC21CCc2cc(O)c(O)c(O)c21. The number of hydrogen-bond acceptors (Lipinski definition) is 6. The molecule has 2 aliphatic carbocycles. The Bertz CT molecular complexity index is 857. The minimum absolute atomic E-state index is 0.340. The number of hydrogen-bond donors (Lipinski definition) is 6. The summed E-state index contributed by atoms with van der Waals surface area (Å²) in [5.41, 5.74) is 1.79. The molecule has 2 aromatic rings. The van der Waals surface area contributed by atoms with Crippen LogP contribution in [0.5, 0.6) is 34.5 Å². The van der Waals surface area contributed by atoms with Crippen molar-refractivity contribution in [2.75, 3.05) is 0 Å². The smallest absolute Gasteiger partial charge is 0.200 e. The molecule has 0 bridgehead atoms. The number of aromatic hydroxyl groups is 6. The van der Waals surface area contributed by atoms with Crippen molar-refractivity contribution in [1.29, 1.82) is 0 Å². The highest BCUT2D eigenvalue weighted by Gasteiger charge is 2.49. The molecule has 2 aliphatic rings. The third-order valence-corrected chi connectivity index (χ3v) is 5.31. The lowest BCUT2D eigenvalue weighted by atomic mass is 9.76. The Hall–Kier alpha value is -2.76. The van der Waals surface area contributed by atoms with E-state index in [1.807, 2.05) is 0 Å². The van der Waals surface area contributed by atoms with E-state index >= 15 is 0 Å². The van der Waals surface area contributed by atoms with Crippen LogP contribution in [0, 0.1) is 0 Å². The van der Waals surface area contributed by atoms with Gasteiger partial charge in [-0.25, -0.2) is 0 Å². The maximum absolute atomic E-state index is 10.4. The molecule has 23 heavy (non-hydrogen) atoms. The average molecular weight is 316 g/mol. The van der Waals surface area contributed by atoms with Crippen LogP contribution in [0.3, 0.4) is 0 Å². The maximum atomic E-state index is 10.4. The van der Waals surface area contributed by atoms with Crippen LogP contribution in [-0.2, 0) is 18.3 Å². The highest BCUT2D eigenvalue weighted by atomic mass is 16.3. The lowest BCUT2D eigenvalue weighted by Gasteiger charge is -2.28. The van der Waals surface area contributed by atoms with Crippen molar-refractivity contribution in [1.82, 2.24) is 0 Å². The molecule has 0 fully saturated rings. The van der Waals surface area contributed by atoms with E-state index in [0.717, 1.165) is 5.56 Å². The Kier molecular flexibility index (Phi) is 2.51. The molecular weight excluding hydrogens is 300 g/mol. The van der Waals surface area contributed by atoms with Crippen LogP contribution >= 0.6 is 0 Å². The Balaban J connectivity index is 2.03. The second-order valence-corrected chi connectivity index (χ2v) is 6.33. The third-order valence-electron chi connectivity index (χ3n) is 5.31. The van der Waals surface area contributed by atoms with Crippen LogP contribution in [0.1, 0.15) is 35.1 Å². The summed E-state index contributed by atoms with van der Waals surface area (Å²) in [6.45, 7) is 0. The number of fused-ring (bicyclic) bond motifs is 4. The van der Waals surface area contributed by atoms with Crippen LogP contribution in [0.2, 0.25) is 0 Å². The quantitative estimate of drug-likeness (QED) is 0.414. The Morgan fingerprint density at radius 2 is 1.30 bits per heavy atom. The van der Waals surface area contributed by atoms with Gasteiger partial charge in [-0.1, -0.05) is 0 Å². The van der Waals surface area contributed by atoms with E-state index in [-0.39, 0.29) is 17.2 Å². The molecule has 1 atom stereocenters. The summed E-state index contributed by atoms with van der Waals surface area (Å²) >= 11 is 0. The third kappa shape index (κ3) is 1.52. The normalized spacial score (nSPS) is 21.6. The van der Waals surface area contributed by atoms with Gasteiger partial charge in [0.1, 0.15) is 0 Å². The fourth-order valence-electron chi connectivity index (χ4n) is 4.26. The molecule has 1 unspecified atom stereocenters. The fourth-order valence-corrected chi connectivity index (χ4v) is 4.26. The number of benzene rings is 2. The van der Waals surface area contributed by atoms with E-state index in [1.54, 1.807) is 0 Å². The summed E-state index contributed by atoms with van der Waals surface area (Å²) in [6.07, 6.45) is 2.27. The summed E-state index contributed by atoms with van der Waals surface area (Å²) in [4.78, 5) is 0. The molecule has 0 aliphatic heterocycles. The Labute approximate surface area is 131 Å². The first-order chi connectivity index (χ1) is 10.9. The fraction of sp³-hybridized carbons (Fsp3) is 0.294. The molecule has 2 aromatic carbocycles. The lowest BCUT2D eigenvalue weighted by Crippen LogP contribution is -2.21. The van der Waals surface area contributed by atoms with Gasteiger partial charge in [0.25, 0.3) is 0 Å². The van der Waals surface area contributed by atoms with Gasteiger partial charge in [-0.3, -0.25) is 0 Å². The molecule has 0 amide bonds. The van der Waals surface area contributed by atoms with E-state index in [2.05, 4.69) is 0 Å². The van der Waals surface area contributed by atoms with E-state index in [4.69, 9.17) is 0 Å². The lowest BCUT2D eigenvalue weighted by molar-refractivity contribution is 0.357. The zero-order valence-electron chi connectivity index (χ0n) is 12.2. The highest BCUT2D eigenvalue weighted by Crippen LogP contribution is 2.60. The zero-order valence-corrected chi connectivity index (χ0v) is 12.2. The number of phenols is 6. The minimum Gasteiger partial charge on any atom is -0.504 e. The number of rotatable bonds is 0. The largest absolute Gasteiger partial charge is 0.504 e. The maximum Gasteiger partial charge on any atom is 0.200 e. The molecule has 6 nitrogen and oxygen atoms in total. The molecule has 0 saturated heterocycles. The first-order valence-electron chi connectivity index (χ1n) is 7.41. The van der Waals surface area contributed by atoms with Crippen LogP contribution in [0.25, 0.3) is 0 Å². The zero-order chi connectivity index (χ0) is 16.5. The van der Waals surface area contributed by atoms with Crippen molar-refractivity contribution in [3.63, 3.8) is 0 Å². The molecule has 0 saturated carbocycles. The predicted molar refractivity (Wildman–Crippen MR) is 80.3 cm³/mol. The van der Waals surface area contributed by atoms with Gasteiger partial charge in [0.2, 0.25) is 11.5 Å². The second-order valence-electron chi connectivity index (χ2n) is 6.33. The molecule has 0 aromatic heterocycles. The Morgan fingerprint density at radius 1 is 0.696 bits per heavy atom. The van der Waals surface area contributed by atoms with Crippen molar-refractivity contribution >= 4 is 0 Å². The van der Waals surface area contributed by atoms with Crippen molar-refractivity contribution in [3.05, 3.63) is 34.4 Å². The molecule has 4 rings (SSSR count). The molecule has 120 valence electrons. The van der Waals surface area contributed by atoms with E-state index < -0.39 is 22.7 Å². The van der Waals surface area contributed by atoms with Gasteiger partial charge in [0.05, 0.1) is 0 Å². The summed E-state index contributed by atoms with van der Waals surface area (Å²) in [5, 5.41) is 59.6. The monoisotopic (exact) mass is 316 g/mol. The van der Waals surface area contributed by atoms with Crippen molar-refractivity contribution in [2.45, 2.75) is 31.1 Å². The van der Waals surface area contributed by atoms with Gasteiger partial charge in [0.15, 0.2) is 23.0 Å². The van der Waals surface area contributed by atoms with Crippen LogP contribution in [0.4, 0.5) is 0 Å². The van der Waals surface area contributed by atoms with Crippen molar-refractivity contribution in [3.8, 4) is 34.5 Å². The van der Waals surface area contributed by atoms with Gasteiger partial charge in [0, 0.05) is 16.5 Å². The van der Waals surface area contributed by atoms with Gasteiger partial charge >= 0.3 is 0 Å². The summed E-state index contributed by atoms with van der Waals surface area (Å²) < 4.78 is 0. The van der Waals surface area contributed by atoms with Crippen LogP contribution in [-0.4, -0.2) is 30.6 Å². The highest BCUT2D eigenvalue weighted by molar-refractivity contribution is 5.69. The van der Waals surface area contributed by atoms with Crippen molar-refractivity contribution < 1.29 is 30.6 Å². The standard InChI is InChI=1S/C17H16O6/c18-10-5-7-1-3-17(12(7)16(23)15(10)22)4-2-8-9(17)6-11(19)14(21)13(8)20/h5-6,18-23H,1-4H2. The first kappa shape index (κ1) is 13.9. The predicted octanol–water partition coefficient (Wildman–Crippen LogP) is 2.10. The molecular formula is C17H16O6. The minimum atomic E-state index is -0.650. The molecule has 0 heterocycles. The van der Waals surface area contributed by atoms with Gasteiger partial charge in [-0.05, 0) is 48.9 Å². The van der Waals surface area contributed by atoms with Crippen molar-refractivity contribution in [2.24, 2.45) is 0 Å².